The predicted octanol–water partition coefficient (Wildman–Crippen LogP) is 2.47. The summed E-state index contributed by atoms with van der Waals surface area (Å²) in [6, 6.07) is 0. The van der Waals surface area contributed by atoms with Gasteiger partial charge >= 0.3 is 5.97 Å². The lowest BCUT2D eigenvalue weighted by Crippen LogP contribution is -2.39. The fourth-order valence-corrected chi connectivity index (χ4v) is 3.07. The van der Waals surface area contributed by atoms with E-state index in [1.54, 1.807) is 0 Å². The Labute approximate surface area is 108 Å². The van der Waals surface area contributed by atoms with Crippen molar-refractivity contribution in [3.63, 3.8) is 0 Å². The number of hydrogen-bond acceptors (Lipinski definition) is 2. The van der Waals surface area contributed by atoms with Gasteiger partial charge in [-0.2, -0.15) is 0 Å². The Hall–Kier alpha value is -1.06. The van der Waals surface area contributed by atoms with Crippen molar-refractivity contribution >= 4 is 11.9 Å². The van der Waals surface area contributed by atoms with E-state index in [1.165, 1.54) is 6.42 Å². The molecule has 0 atom stereocenters. The normalized spacial score (nSPS) is 24.3. The van der Waals surface area contributed by atoms with Crippen LogP contribution in [0.3, 0.4) is 0 Å². The predicted molar refractivity (Wildman–Crippen MR) is 68.2 cm³/mol. The molecule has 0 aliphatic heterocycles. The molecule has 0 bridgehead atoms. The Bertz CT molecular complexity index is 341. The first-order chi connectivity index (χ1) is 8.43. The molecule has 0 unspecified atom stereocenters. The number of carbonyl (C=O) groups is 2. The highest BCUT2D eigenvalue weighted by Crippen LogP contribution is 2.43. The van der Waals surface area contributed by atoms with Gasteiger partial charge in [0.1, 0.15) is 0 Å². The Kier molecular flexibility index (Phi) is 3.64. The van der Waals surface area contributed by atoms with Crippen molar-refractivity contribution in [2.24, 2.45) is 5.41 Å². The van der Waals surface area contributed by atoms with Gasteiger partial charge in [0.2, 0.25) is 5.91 Å². The highest BCUT2D eigenvalue weighted by atomic mass is 16.4. The molecule has 4 heteroatoms. The Balaban J connectivity index is 1.95. The number of carboxylic acid groups (broad SMARTS) is 1. The average molecular weight is 253 g/mol. The monoisotopic (exact) mass is 253 g/mol. The third-order valence-electron chi connectivity index (χ3n) is 4.42. The van der Waals surface area contributed by atoms with Crippen molar-refractivity contribution in [3.8, 4) is 0 Å². The first-order valence-corrected chi connectivity index (χ1v) is 6.96. The van der Waals surface area contributed by atoms with Gasteiger partial charge in [0.05, 0.1) is 6.42 Å². The molecule has 0 aromatic heterocycles. The van der Waals surface area contributed by atoms with Gasteiger partial charge in [-0.25, -0.2) is 0 Å². The highest BCUT2D eigenvalue weighted by molar-refractivity contribution is 5.79. The lowest BCUT2D eigenvalue weighted by atomic mass is 9.69. The van der Waals surface area contributed by atoms with E-state index >= 15 is 0 Å². The van der Waals surface area contributed by atoms with Gasteiger partial charge in [-0.1, -0.05) is 19.3 Å². The molecule has 2 rings (SSSR count). The molecule has 0 spiro atoms. The minimum atomic E-state index is -0.776. The van der Waals surface area contributed by atoms with Crippen molar-refractivity contribution in [2.75, 3.05) is 0 Å². The zero-order chi connectivity index (χ0) is 13.2. The molecular weight excluding hydrogens is 230 g/mol. The van der Waals surface area contributed by atoms with Crippen LogP contribution in [0.4, 0.5) is 0 Å². The molecule has 2 fully saturated rings. The van der Waals surface area contributed by atoms with Crippen LogP contribution >= 0.6 is 0 Å². The van der Waals surface area contributed by atoms with E-state index in [-0.39, 0.29) is 23.3 Å². The van der Waals surface area contributed by atoms with Gasteiger partial charge in [-0.15, -0.1) is 0 Å². The van der Waals surface area contributed by atoms with Crippen molar-refractivity contribution in [1.82, 2.24) is 5.32 Å². The van der Waals surface area contributed by atoms with Gasteiger partial charge in [-0.05, 0) is 38.0 Å². The van der Waals surface area contributed by atoms with E-state index in [9.17, 15) is 9.59 Å². The number of nitrogens with one attached hydrogen (secondary N) is 1. The molecule has 2 saturated carbocycles. The van der Waals surface area contributed by atoms with Crippen LogP contribution in [0, 0.1) is 5.41 Å². The Morgan fingerprint density at radius 1 is 1.06 bits per heavy atom. The third kappa shape index (κ3) is 3.47. The summed E-state index contributed by atoms with van der Waals surface area (Å²) in [7, 11) is 0. The van der Waals surface area contributed by atoms with Gasteiger partial charge in [0, 0.05) is 12.0 Å². The summed E-state index contributed by atoms with van der Waals surface area (Å²) < 4.78 is 0. The number of rotatable bonds is 5. The molecule has 2 N–H and O–H groups in total. The van der Waals surface area contributed by atoms with Crippen LogP contribution in [-0.4, -0.2) is 22.5 Å². The summed E-state index contributed by atoms with van der Waals surface area (Å²) in [5, 5.41) is 12.1. The first-order valence-electron chi connectivity index (χ1n) is 6.96. The lowest BCUT2D eigenvalue weighted by Gasteiger charge is -2.35. The van der Waals surface area contributed by atoms with E-state index < -0.39 is 5.97 Å². The maximum absolute atomic E-state index is 12.0. The maximum atomic E-state index is 12.0. The van der Waals surface area contributed by atoms with Crippen LogP contribution < -0.4 is 5.32 Å². The van der Waals surface area contributed by atoms with E-state index in [0.717, 1.165) is 38.5 Å². The topological polar surface area (TPSA) is 66.4 Å². The van der Waals surface area contributed by atoms with Crippen molar-refractivity contribution in [1.29, 1.82) is 0 Å². The molecule has 0 radical (unpaired) electrons. The SMILES string of the molecule is CC1(NC(=O)CC2(CC(=O)O)CCCCC2)CC1. The van der Waals surface area contributed by atoms with Crippen LogP contribution in [0.1, 0.15) is 64.7 Å². The molecule has 4 nitrogen and oxygen atoms in total. The summed E-state index contributed by atoms with van der Waals surface area (Å²) in [6.07, 6.45) is 7.64. The van der Waals surface area contributed by atoms with Crippen molar-refractivity contribution in [2.45, 2.75) is 70.3 Å². The van der Waals surface area contributed by atoms with Gasteiger partial charge < -0.3 is 10.4 Å². The van der Waals surface area contributed by atoms with Crippen molar-refractivity contribution in [3.05, 3.63) is 0 Å². The van der Waals surface area contributed by atoms with E-state index in [2.05, 4.69) is 12.2 Å². The van der Waals surface area contributed by atoms with Crippen LogP contribution in [0.15, 0.2) is 0 Å². The van der Waals surface area contributed by atoms with Gasteiger partial charge in [0.25, 0.3) is 0 Å². The summed E-state index contributed by atoms with van der Waals surface area (Å²) >= 11 is 0. The Morgan fingerprint density at radius 3 is 2.17 bits per heavy atom. The number of carbonyl (C=O) groups excluding carboxylic acids is 1. The first kappa shape index (κ1) is 13.4. The maximum Gasteiger partial charge on any atom is 0.303 e. The van der Waals surface area contributed by atoms with Gasteiger partial charge in [-0.3, -0.25) is 9.59 Å². The smallest absolute Gasteiger partial charge is 0.303 e. The van der Waals surface area contributed by atoms with Crippen LogP contribution in [0.5, 0.6) is 0 Å². The zero-order valence-corrected chi connectivity index (χ0v) is 11.1. The molecule has 0 aromatic carbocycles. The molecule has 102 valence electrons. The number of hydrogen-bond donors (Lipinski definition) is 2. The fourth-order valence-electron chi connectivity index (χ4n) is 3.07. The summed E-state index contributed by atoms with van der Waals surface area (Å²) in [6.45, 7) is 2.05. The molecule has 0 aromatic rings. The summed E-state index contributed by atoms with van der Waals surface area (Å²) in [4.78, 5) is 23.1. The minimum Gasteiger partial charge on any atom is -0.481 e. The minimum absolute atomic E-state index is 0.00381. The fraction of sp³-hybridized carbons (Fsp3) is 0.857. The molecule has 2 aliphatic rings. The summed E-state index contributed by atoms with van der Waals surface area (Å²) in [5.74, 6) is -0.736. The van der Waals surface area contributed by atoms with Crippen LogP contribution in [0.25, 0.3) is 0 Å². The summed E-state index contributed by atoms with van der Waals surface area (Å²) in [5.41, 5.74) is -0.296. The van der Waals surface area contributed by atoms with Crippen LogP contribution in [-0.2, 0) is 9.59 Å². The molecule has 2 aliphatic carbocycles. The van der Waals surface area contributed by atoms with E-state index in [0.29, 0.717) is 6.42 Å². The number of amides is 1. The number of aliphatic carboxylic acids is 1. The van der Waals surface area contributed by atoms with Gasteiger partial charge in [0.15, 0.2) is 0 Å². The second kappa shape index (κ2) is 4.90. The van der Waals surface area contributed by atoms with E-state index in [4.69, 9.17) is 5.11 Å². The molecule has 18 heavy (non-hydrogen) atoms. The lowest BCUT2D eigenvalue weighted by molar-refractivity contribution is -0.141. The van der Waals surface area contributed by atoms with Crippen molar-refractivity contribution < 1.29 is 14.7 Å². The third-order valence-corrected chi connectivity index (χ3v) is 4.42. The molecule has 1 amide bonds. The number of carboxylic acids is 1. The quantitative estimate of drug-likeness (QED) is 0.791. The standard InChI is InChI=1S/C14H23NO3/c1-13(7-8-13)15-11(16)9-14(10-12(17)18)5-3-2-4-6-14/h2-10H2,1H3,(H,15,16)(H,17,18). The second-order valence-corrected chi connectivity index (χ2v) is 6.42. The van der Waals surface area contributed by atoms with Crippen LogP contribution in [0.2, 0.25) is 0 Å². The molecule has 0 saturated heterocycles. The second-order valence-electron chi connectivity index (χ2n) is 6.42. The average Bonchev–Trinajstić information content (AvgIpc) is 2.94. The molecular formula is C14H23NO3. The highest BCUT2D eigenvalue weighted by Gasteiger charge is 2.41. The molecule has 0 heterocycles. The largest absolute Gasteiger partial charge is 0.481 e. The van der Waals surface area contributed by atoms with E-state index in [1.807, 2.05) is 0 Å². The zero-order valence-electron chi connectivity index (χ0n) is 11.1. The Morgan fingerprint density at radius 2 is 1.67 bits per heavy atom.